The van der Waals surface area contributed by atoms with Gasteiger partial charge in [0.15, 0.2) is 6.10 Å². The summed E-state index contributed by atoms with van der Waals surface area (Å²) in [6, 6.07) is 11.6. The van der Waals surface area contributed by atoms with Crippen molar-refractivity contribution in [3.8, 4) is 11.5 Å². The van der Waals surface area contributed by atoms with E-state index < -0.39 is 24.0 Å². The number of carbonyl (C=O) groups is 3. The maximum Gasteiger partial charge on any atom is 0.339 e. The number of ether oxygens (including phenoxy) is 3. The summed E-state index contributed by atoms with van der Waals surface area (Å²) < 4.78 is 15.9. The Kier molecular flexibility index (Phi) is 4.04. The number of hydrogen-bond donors (Lipinski definition) is 0. The fourth-order valence-corrected chi connectivity index (χ4v) is 2.63. The zero-order chi connectivity index (χ0) is 17.3. The Morgan fingerprint density at radius 3 is 2.08 bits per heavy atom. The van der Waals surface area contributed by atoms with Gasteiger partial charge in [-0.3, -0.25) is 9.59 Å². The molecule has 1 atom stereocenters. The first-order valence-corrected chi connectivity index (χ1v) is 7.27. The van der Waals surface area contributed by atoms with Crippen LogP contribution in [0, 0.1) is 0 Å². The van der Waals surface area contributed by atoms with Crippen LogP contribution in [0.15, 0.2) is 42.5 Å². The highest BCUT2D eigenvalue weighted by atomic mass is 16.6. The summed E-state index contributed by atoms with van der Waals surface area (Å²) in [6.45, 7) is 2.52. The SMILES string of the molecule is CC(=O)Oc1cccc(OC(C)=O)c1C1OC(=O)c2ccccc21. The zero-order valence-corrected chi connectivity index (χ0v) is 13.1. The van der Waals surface area contributed by atoms with Gasteiger partial charge in [-0.2, -0.15) is 0 Å². The predicted octanol–water partition coefficient (Wildman–Crippen LogP) is 2.80. The molecule has 122 valence electrons. The molecule has 0 saturated carbocycles. The first-order chi connectivity index (χ1) is 11.5. The molecule has 6 heteroatoms. The average Bonchev–Trinajstić information content (AvgIpc) is 2.84. The molecule has 0 spiro atoms. The third kappa shape index (κ3) is 2.86. The zero-order valence-electron chi connectivity index (χ0n) is 13.1. The van der Waals surface area contributed by atoms with Crippen LogP contribution in [0.4, 0.5) is 0 Å². The maximum absolute atomic E-state index is 12.1. The summed E-state index contributed by atoms with van der Waals surface area (Å²) in [4.78, 5) is 34.9. The van der Waals surface area contributed by atoms with E-state index in [9.17, 15) is 14.4 Å². The number of hydrogen-bond acceptors (Lipinski definition) is 6. The molecular weight excluding hydrogens is 312 g/mol. The summed E-state index contributed by atoms with van der Waals surface area (Å²) in [7, 11) is 0. The van der Waals surface area contributed by atoms with Crippen molar-refractivity contribution < 1.29 is 28.6 Å². The second-order valence-electron chi connectivity index (χ2n) is 5.23. The second-order valence-corrected chi connectivity index (χ2v) is 5.23. The van der Waals surface area contributed by atoms with Crippen LogP contribution in [-0.4, -0.2) is 17.9 Å². The minimum Gasteiger partial charge on any atom is -0.449 e. The summed E-state index contributed by atoms with van der Waals surface area (Å²) in [5.41, 5.74) is 1.37. The molecule has 1 aliphatic heterocycles. The molecule has 0 fully saturated rings. The van der Waals surface area contributed by atoms with Gasteiger partial charge in [-0.05, 0) is 18.2 Å². The van der Waals surface area contributed by atoms with Crippen molar-refractivity contribution in [2.24, 2.45) is 0 Å². The lowest BCUT2D eigenvalue weighted by molar-refractivity contribution is -0.132. The smallest absolute Gasteiger partial charge is 0.339 e. The molecule has 2 aromatic rings. The topological polar surface area (TPSA) is 78.9 Å². The number of esters is 3. The third-order valence-electron chi connectivity index (χ3n) is 3.48. The van der Waals surface area contributed by atoms with E-state index >= 15 is 0 Å². The standard InChI is InChI=1S/C18H14O6/c1-10(19)22-14-8-5-9-15(23-11(2)20)16(14)17-12-6-3-4-7-13(12)18(21)24-17/h3-9,17H,1-2H3. The Hall–Kier alpha value is -3.15. The van der Waals surface area contributed by atoms with Crippen molar-refractivity contribution in [2.45, 2.75) is 20.0 Å². The quantitative estimate of drug-likeness (QED) is 0.637. The van der Waals surface area contributed by atoms with Crippen molar-refractivity contribution in [1.82, 2.24) is 0 Å². The van der Waals surface area contributed by atoms with Crippen LogP contribution in [0.5, 0.6) is 11.5 Å². The van der Waals surface area contributed by atoms with Crippen molar-refractivity contribution in [2.75, 3.05) is 0 Å². The van der Waals surface area contributed by atoms with E-state index in [-0.39, 0.29) is 11.5 Å². The lowest BCUT2D eigenvalue weighted by Crippen LogP contribution is -2.12. The fraction of sp³-hybridized carbons (Fsp3) is 0.167. The van der Waals surface area contributed by atoms with Crippen molar-refractivity contribution in [1.29, 1.82) is 0 Å². The number of rotatable bonds is 3. The normalized spacial score (nSPS) is 15.4. The number of carbonyl (C=O) groups excluding carboxylic acids is 3. The van der Waals surface area contributed by atoms with Gasteiger partial charge in [0.2, 0.25) is 0 Å². The highest BCUT2D eigenvalue weighted by Gasteiger charge is 2.36. The van der Waals surface area contributed by atoms with Gasteiger partial charge in [0, 0.05) is 19.4 Å². The molecule has 3 rings (SSSR count). The van der Waals surface area contributed by atoms with Crippen LogP contribution in [0.1, 0.15) is 41.4 Å². The largest absolute Gasteiger partial charge is 0.449 e. The third-order valence-corrected chi connectivity index (χ3v) is 3.48. The molecule has 6 nitrogen and oxygen atoms in total. The highest BCUT2D eigenvalue weighted by molar-refractivity contribution is 5.95. The van der Waals surface area contributed by atoms with Crippen LogP contribution in [-0.2, 0) is 14.3 Å². The molecule has 24 heavy (non-hydrogen) atoms. The first-order valence-electron chi connectivity index (χ1n) is 7.27. The van der Waals surface area contributed by atoms with Gasteiger partial charge in [0.25, 0.3) is 0 Å². The molecule has 0 amide bonds. The molecule has 0 bridgehead atoms. The van der Waals surface area contributed by atoms with E-state index in [0.29, 0.717) is 16.7 Å². The van der Waals surface area contributed by atoms with E-state index in [1.54, 1.807) is 42.5 Å². The summed E-state index contributed by atoms with van der Waals surface area (Å²) in [6.07, 6.45) is -0.821. The Morgan fingerprint density at radius 1 is 0.917 bits per heavy atom. The predicted molar refractivity (Wildman–Crippen MR) is 82.8 cm³/mol. The van der Waals surface area contributed by atoms with Gasteiger partial charge in [-0.1, -0.05) is 24.3 Å². The molecule has 0 aliphatic carbocycles. The Balaban J connectivity index is 2.17. The Labute approximate surface area is 137 Å². The lowest BCUT2D eigenvalue weighted by atomic mass is 9.98. The second kappa shape index (κ2) is 6.16. The van der Waals surface area contributed by atoms with Crippen LogP contribution >= 0.6 is 0 Å². The maximum atomic E-state index is 12.1. The van der Waals surface area contributed by atoms with Crippen LogP contribution in [0.2, 0.25) is 0 Å². The minimum atomic E-state index is -0.821. The molecule has 0 radical (unpaired) electrons. The molecular formula is C18H14O6. The van der Waals surface area contributed by atoms with E-state index in [2.05, 4.69) is 0 Å². The average molecular weight is 326 g/mol. The molecule has 1 aliphatic rings. The summed E-state index contributed by atoms with van der Waals surface area (Å²) in [5.74, 6) is -1.20. The molecule has 0 N–H and O–H groups in total. The monoisotopic (exact) mass is 326 g/mol. The van der Waals surface area contributed by atoms with E-state index in [4.69, 9.17) is 14.2 Å². The van der Waals surface area contributed by atoms with Crippen molar-refractivity contribution >= 4 is 17.9 Å². The summed E-state index contributed by atoms with van der Waals surface area (Å²) in [5, 5.41) is 0. The van der Waals surface area contributed by atoms with Crippen LogP contribution in [0.3, 0.4) is 0 Å². The van der Waals surface area contributed by atoms with E-state index in [1.165, 1.54) is 13.8 Å². The molecule has 1 unspecified atom stereocenters. The van der Waals surface area contributed by atoms with Crippen molar-refractivity contribution in [3.63, 3.8) is 0 Å². The van der Waals surface area contributed by atoms with Gasteiger partial charge >= 0.3 is 17.9 Å². The molecule has 2 aromatic carbocycles. The van der Waals surface area contributed by atoms with Gasteiger partial charge in [-0.15, -0.1) is 0 Å². The van der Waals surface area contributed by atoms with Gasteiger partial charge < -0.3 is 14.2 Å². The molecule has 0 aromatic heterocycles. The van der Waals surface area contributed by atoms with Crippen LogP contribution in [0.25, 0.3) is 0 Å². The summed E-state index contributed by atoms with van der Waals surface area (Å²) >= 11 is 0. The highest BCUT2D eigenvalue weighted by Crippen LogP contribution is 2.44. The van der Waals surface area contributed by atoms with E-state index in [0.717, 1.165) is 0 Å². The lowest BCUT2D eigenvalue weighted by Gasteiger charge is -2.18. The Morgan fingerprint density at radius 2 is 1.50 bits per heavy atom. The van der Waals surface area contributed by atoms with Crippen molar-refractivity contribution in [3.05, 3.63) is 59.2 Å². The number of benzene rings is 2. The van der Waals surface area contributed by atoms with Gasteiger partial charge in [0.1, 0.15) is 11.5 Å². The van der Waals surface area contributed by atoms with Crippen LogP contribution < -0.4 is 9.47 Å². The fourth-order valence-electron chi connectivity index (χ4n) is 2.63. The first kappa shape index (κ1) is 15.7. The minimum absolute atomic E-state index is 0.177. The van der Waals surface area contributed by atoms with Gasteiger partial charge in [0.05, 0.1) is 11.1 Å². The number of fused-ring (bicyclic) bond motifs is 1. The van der Waals surface area contributed by atoms with E-state index in [1.807, 2.05) is 0 Å². The molecule has 0 saturated heterocycles. The van der Waals surface area contributed by atoms with Gasteiger partial charge in [-0.25, -0.2) is 4.79 Å². The molecule has 1 heterocycles. The number of cyclic esters (lactones) is 1. The Bertz CT molecular complexity index is 805.